The molecule has 0 aliphatic carbocycles. The molecule has 4 heteroatoms. The maximum absolute atomic E-state index is 12.3. The van der Waals surface area contributed by atoms with Crippen molar-refractivity contribution in [2.24, 2.45) is 0 Å². The lowest BCUT2D eigenvalue weighted by Crippen LogP contribution is -2.52. The van der Waals surface area contributed by atoms with Crippen LogP contribution < -0.4 is 10.1 Å². The van der Waals surface area contributed by atoms with Crippen LogP contribution in [-0.2, 0) is 4.79 Å². The van der Waals surface area contributed by atoms with Crippen LogP contribution in [0.2, 0.25) is 0 Å². The molecule has 0 spiro atoms. The molecular weight excluding hydrogens is 288 g/mol. The third-order valence-corrected chi connectivity index (χ3v) is 4.36. The van der Waals surface area contributed by atoms with E-state index in [1.165, 1.54) is 5.39 Å². The molecule has 1 aliphatic heterocycles. The van der Waals surface area contributed by atoms with E-state index in [0.29, 0.717) is 13.0 Å². The number of nitrogens with one attached hydrogen (secondary N) is 1. The van der Waals surface area contributed by atoms with Gasteiger partial charge in [0.15, 0.2) is 0 Å². The van der Waals surface area contributed by atoms with Crippen LogP contribution in [0.1, 0.15) is 19.8 Å². The Labute approximate surface area is 137 Å². The summed E-state index contributed by atoms with van der Waals surface area (Å²) in [6, 6.07) is 14.6. The molecule has 1 atom stereocenters. The Kier molecular flexibility index (Phi) is 5.13. The van der Waals surface area contributed by atoms with Crippen molar-refractivity contribution in [3.05, 3.63) is 42.5 Å². The molecule has 23 heavy (non-hydrogen) atoms. The quantitative estimate of drug-likeness (QED) is 0.863. The Hall–Kier alpha value is -2.07. The van der Waals surface area contributed by atoms with Crippen LogP contribution in [0, 0.1) is 0 Å². The first-order chi connectivity index (χ1) is 11.3. The van der Waals surface area contributed by atoms with Crippen molar-refractivity contribution in [2.75, 3.05) is 26.2 Å². The van der Waals surface area contributed by atoms with Crippen molar-refractivity contribution in [1.82, 2.24) is 10.2 Å². The van der Waals surface area contributed by atoms with Crippen LogP contribution in [0.15, 0.2) is 42.5 Å². The molecule has 1 fully saturated rings. The summed E-state index contributed by atoms with van der Waals surface area (Å²) in [7, 11) is 0. The fraction of sp³-hybridized carbons (Fsp3) is 0.421. The Morgan fingerprint density at radius 1 is 1.26 bits per heavy atom. The molecule has 3 rings (SSSR count). The van der Waals surface area contributed by atoms with E-state index in [-0.39, 0.29) is 11.9 Å². The Balaban J connectivity index is 1.50. The van der Waals surface area contributed by atoms with Gasteiger partial charge in [0.25, 0.3) is 0 Å². The van der Waals surface area contributed by atoms with Gasteiger partial charge in [-0.05, 0) is 24.8 Å². The lowest BCUT2D eigenvalue weighted by Gasteiger charge is -2.34. The molecule has 0 radical (unpaired) electrons. The van der Waals surface area contributed by atoms with Gasteiger partial charge in [0.1, 0.15) is 5.75 Å². The first-order valence-electron chi connectivity index (χ1n) is 8.36. The van der Waals surface area contributed by atoms with Gasteiger partial charge in [-0.3, -0.25) is 4.79 Å². The summed E-state index contributed by atoms with van der Waals surface area (Å²) < 4.78 is 5.90. The number of fused-ring (bicyclic) bond motifs is 1. The topological polar surface area (TPSA) is 41.6 Å². The number of amides is 1. The minimum Gasteiger partial charge on any atom is -0.493 e. The second-order valence-corrected chi connectivity index (χ2v) is 6.07. The molecule has 1 unspecified atom stereocenters. The Bertz CT molecular complexity index is 666. The molecule has 2 aromatic rings. The maximum atomic E-state index is 12.3. The van der Waals surface area contributed by atoms with Crippen molar-refractivity contribution in [1.29, 1.82) is 0 Å². The zero-order valence-corrected chi connectivity index (χ0v) is 13.6. The minimum atomic E-state index is 0.237. The van der Waals surface area contributed by atoms with E-state index in [1.807, 2.05) is 29.2 Å². The number of benzene rings is 2. The zero-order chi connectivity index (χ0) is 16.1. The van der Waals surface area contributed by atoms with E-state index in [4.69, 9.17) is 4.74 Å². The van der Waals surface area contributed by atoms with Crippen LogP contribution in [0.3, 0.4) is 0 Å². The van der Waals surface area contributed by atoms with Crippen LogP contribution in [0.25, 0.3) is 10.8 Å². The third-order valence-electron chi connectivity index (χ3n) is 4.36. The van der Waals surface area contributed by atoms with Gasteiger partial charge in [-0.1, -0.05) is 36.4 Å². The predicted octanol–water partition coefficient (Wildman–Crippen LogP) is 2.82. The number of hydrogen-bond donors (Lipinski definition) is 1. The third kappa shape index (κ3) is 3.82. The lowest BCUT2D eigenvalue weighted by molar-refractivity contribution is -0.134. The molecule has 0 bridgehead atoms. The number of carbonyl (C=O) groups excluding carboxylic acids is 1. The van der Waals surface area contributed by atoms with Gasteiger partial charge in [-0.2, -0.15) is 0 Å². The number of ether oxygens (including phenoxy) is 1. The summed E-state index contributed by atoms with van der Waals surface area (Å²) in [6.07, 6.45) is 1.30. The zero-order valence-electron chi connectivity index (χ0n) is 13.6. The van der Waals surface area contributed by atoms with Gasteiger partial charge >= 0.3 is 0 Å². The second-order valence-electron chi connectivity index (χ2n) is 6.07. The summed E-state index contributed by atoms with van der Waals surface area (Å²) in [5.74, 6) is 1.13. The molecule has 1 aliphatic rings. The summed E-state index contributed by atoms with van der Waals surface area (Å²) in [4.78, 5) is 14.3. The summed E-state index contributed by atoms with van der Waals surface area (Å²) in [5.41, 5.74) is 0. The van der Waals surface area contributed by atoms with Crippen molar-refractivity contribution < 1.29 is 9.53 Å². The largest absolute Gasteiger partial charge is 0.493 e. The summed E-state index contributed by atoms with van der Waals surface area (Å²) in [6.45, 7) is 5.25. The maximum Gasteiger partial charge on any atom is 0.223 e. The molecule has 1 N–H and O–H groups in total. The predicted molar refractivity (Wildman–Crippen MR) is 92.7 cm³/mol. The first-order valence-corrected chi connectivity index (χ1v) is 8.36. The van der Waals surface area contributed by atoms with Crippen molar-refractivity contribution in [3.63, 3.8) is 0 Å². The molecule has 0 aromatic heterocycles. The average molecular weight is 312 g/mol. The number of nitrogens with zero attached hydrogens (tertiary/aromatic N) is 1. The lowest BCUT2D eigenvalue weighted by atomic mass is 10.1. The van der Waals surface area contributed by atoms with E-state index in [2.05, 4.69) is 30.4 Å². The van der Waals surface area contributed by atoms with Gasteiger partial charge < -0.3 is 15.0 Å². The summed E-state index contributed by atoms with van der Waals surface area (Å²) >= 11 is 0. The smallest absolute Gasteiger partial charge is 0.223 e. The number of piperazine rings is 1. The fourth-order valence-corrected chi connectivity index (χ4v) is 3.08. The Morgan fingerprint density at radius 2 is 2.09 bits per heavy atom. The molecule has 0 saturated carbocycles. The minimum absolute atomic E-state index is 0.237. The van der Waals surface area contributed by atoms with Crippen LogP contribution in [0.5, 0.6) is 5.75 Å². The first kappa shape index (κ1) is 15.8. The normalized spacial score (nSPS) is 18.1. The molecule has 122 valence electrons. The number of carbonyl (C=O) groups is 1. The second kappa shape index (κ2) is 7.47. The van der Waals surface area contributed by atoms with Crippen LogP contribution in [0.4, 0.5) is 0 Å². The number of hydrogen-bond acceptors (Lipinski definition) is 3. The van der Waals surface area contributed by atoms with Gasteiger partial charge in [-0.15, -0.1) is 0 Å². The van der Waals surface area contributed by atoms with E-state index in [1.54, 1.807) is 0 Å². The molecule has 4 nitrogen and oxygen atoms in total. The highest BCUT2D eigenvalue weighted by atomic mass is 16.5. The molecule has 1 saturated heterocycles. The molecule has 2 aromatic carbocycles. The van der Waals surface area contributed by atoms with Gasteiger partial charge in [0.2, 0.25) is 5.91 Å². The van der Waals surface area contributed by atoms with E-state index in [9.17, 15) is 4.79 Å². The SMILES string of the molecule is CC1CNCCN1C(=O)CCCOc1cccc2ccccc12. The number of rotatable bonds is 5. The van der Waals surface area contributed by atoms with Gasteiger partial charge in [0, 0.05) is 37.5 Å². The van der Waals surface area contributed by atoms with Crippen LogP contribution >= 0.6 is 0 Å². The van der Waals surface area contributed by atoms with Crippen molar-refractivity contribution in [2.45, 2.75) is 25.8 Å². The highest BCUT2D eigenvalue weighted by Gasteiger charge is 2.22. The molecule has 1 heterocycles. The average Bonchev–Trinajstić information content (AvgIpc) is 2.59. The summed E-state index contributed by atoms with van der Waals surface area (Å²) in [5, 5.41) is 5.61. The fourth-order valence-electron chi connectivity index (χ4n) is 3.08. The van der Waals surface area contributed by atoms with E-state index >= 15 is 0 Å². The van der Waals surface area contributed by atoms with Gasteiger partial charge in [0.05, 0.1) is 6.61 Å². The van der Waals surface area contributed by atoms with E-state index < -0.39 is 0 Å². The van der Waals surface area contributed by atoms with Crippen molar-refractivity contribution >= 4 is 16.7 Å². The standard InChI is InChI=1S/C19H24N2O2/c1-15-14-20-11-12-21(15)19(22)10-5-13-23-18-9-4-7-16-6-2-3-8-17(16)18/h2-4,6-9,15,20H,5,10-14H2,1H3. The highest BCUT2D eigenvalue weighted by molar-refractivity contribution is 5.88. The Morgan fingerprint density at radius 3 is 2.96 bits per heavy atom. The van der Waals surface area contributed by atoms with Gasteiger partial charge in [-0.25, -0.2) is 0 Å². The van der Waals surface area contributed by atoms with E-state index in [0.717, 1.165) is 37.2 Å². The van der Waals surface area contributed by atoms with Crippen LogP contribution in [-0.4, -0.2) is 43.1 Å². The monoisotopic (exact) mass is 312 g/mol. The van der Waals surface area contributed by atoms with Crippen molar-refractivity contribution in [3.8, 4) is 5.75 Å². The molecular formula is C19H24N2O2. The molecule has 1 amide bonds. The highest BCUT2D eigenvalue weighted by Crippen LogP contribution is 2.25.